The molecular weight excluding hydrogens is 556 g/mol. The third kappa shape index (κ3) is 3.92. The van der Waals surface area contributed by atoms with Crippen LogP contribution in [0.25, 0.3) is 0 Å². The maximum atomic E-state index is 15.9. The Labute approximate surface area is 240 Å². The highest BCUT2D eigenvalue weighted by atomic mass is 35.5. The van der Waals surface area contributed by atoms with Crippen LogP contribution in [-0.4, -0.2) is 34.5 Å². The van der Waals surface area contributed by atoms with Crippen molar-refractivity contribution in [1.29, 1.82) is 0 Å². The van der Waals surface area contributed by atoms with E-state index in [1.807, 2.05) is 0 Å². The summed E-state index contributed by atoms with van der Waals surface area (Å²) in [6.07, 6.45) is 3.87. The van der Waals surface area contributed by atoms with Crippen LogP contribution in [0.5, 0.6) is 0 Å². The highest BCUT2D eigenvalue weighted by Crippen LogP contribution is 2.62. The summed E-state index contributed by atoms with van der Waals surface area (Å²) in [5, 5.41) is 19.0. The number of carboxylic acids is 1. The number of amides is 2. The summed E-state index contributed by atoms with van der Waals surface area (Å²) in [6, 6.07) is 14.6. The fraction of sp³-hybridized carbons (Fsp3) is 0.300. The molecule has 206 valence electrons. The molecule has 1 saturated carbocycles. The molecule has 3 aliphatic rings. The molecule has 2 heterocycles. The SMILES string of the molecule is O=C(O)c1ccc(NC(=O)[C@H]2NC3(CCCCC3)[C@]3(C(=O)Nc4cc(Cl)ccc43)[C@@H]2c2cccc(Cl)c2F)cc1. The lowest BCUT2D eigenvalue weighted by atomic mass is 9.55. The van der Waals surface area contributed by atoms with Gasteiger partial charge < -0.3 is 15.7 Å². The predicted octanol–water partition coefficient (Wildman–Crippen LogP) is 6.12. The van der Waals surface area contributed by atoms with E-state index in [2.05, 4.69) is 16.0 Å². The summed E-state index contributed by atoms with van der Waals surface area (Å²) in [5.41, 5.74) is -0.333. The summed E-state index contributed by atoms with van der Waals surface area (Å²) in [4.78, 5) is 39.6. The van der Waals surface area contributed by atoms with Crippen molar-refractivity contribution in [2.45, 2.75) is 55.0 Å². The second-order valence-electron chi connectivity index (χ2n) is 10.7. The Balaban J connectivity index is 1.54. The molecule has 2 fully saturated rings. The standard InChI is InChI=1S/C30H26Cl2FN3O4/c31-17-9-12-20-22(15-17)35-28(40)30(20)23(19-5-4-6-21(32)24(19)33)25(36-29(30)13-2-1-3-14-29)26(37)34-18-10-7-16(8-11-18)27(38)39/h4-12,15,23,25,36H,1-3,13-14H2,(H,34,37)(H,35,40)(H,38,39)/t23-,25+,30+/m1/s1. The average molecular weight is 582 g/mol. The molecule has 0 bridgehead atoms. The number of carboxylic acid groups (broad SMARTS) is 1. The largest absolute Gasteiger partial charge is 0.478 e. The monoisotopic (exact) mass is 581 g/mol. The number of hydrogen-bond acceptors (Lipinski definition) is 4. The Hall–Kier alpha value is -3.46. The number of carbonyl (C=O) groups excluding carboxylic acids is 2. The van der Waals surface area contributed by atoms with Crippen molar-refractivity contribution in [3.05, 3.63) is 93.2 Å². The van der Waals surface area contributed by atoms with E-state index in [0.29, 0.717) is 34.8 Å². The Bertz CT molecular complexity index is 1540. The Kier molecular flexibility index (Phi) is 6.60. The van der Waals surface area contributed by atoms with Gasteiger partial charge in [-0.1, -0.05) is 60.7 Å². The first-order valence-corrected chi connectivity index (χ1v) is 13.9. The second-order valence-corrected chi connectivity index (χ2v) is 11.6. The maximum Gasteiger partial charge on any atom is 0.335 e. The number of halogens is 3. The van der Waals surface area contributed by atoms with Crippen molar-refractivity contribution < 1.29 is 23.9 Å². The fourth-order valence-corrected chi connectivity index (χ4v) is 7.49. The molecule has 1 saturated heterocycles. The number of rotatable bonds is 4. The molecule has 3 atom stereocenters. The van der Waals surface area contributed by atoms with Crippen LogP contribution in [0.15, 0.2) is 60.7 Å². The van der Waals surface area contributed by atoms with Crippen LogP contribution in [0.2, 0.25) is 10.0 Å². The van der Waals surface area contributed by atoms with E-state index < -0.39 is 40.6 Å². The van der Waals surface area contributed by atoms with E-state index >= 15 is 4.39 Å². The normalized spacial score (nSPS) is 24.6. The van der Waals surface area contributed by atoms with Crippen LogP contribution in [0.3, 0.4) is 0 Å². The first-order valence-electron chi connectivity index (χ1n) is 13.2. The van der Waals surface area contributed by atoms with Crippen molar-refractivity contribution in [2.24, 2.45) is 0 Å². The first kappa shape index (κ1) is 26.7. The number of benzene rings is 3. The van der Waals surface area contributed by atoms with Gasteiger partial charge in [0.2, 0.25) is 11.8 Å². The minimum absolute atomic E-state index is 0.0777. The third-order valence-corrected chi connectivity index (χ3v) is 9.23. The van der Waals surface area contributed by atoms with E-state index in [1.54, 1.807) is 30.3 Å². The molecule has 40 heavy (non-hydrogen) atoms. The van der Waals surface area contributed by atoms with E-state index in [0.717, 1.165) is 19.3 Å². The summed E-state index contributed by atoms with van der Waals surface area (Å²) < 4.78 is 15.9. The predicted molar refractivity (Wildman–Crippen MR) is 151 cm³/mol. The fourth-order valence-electron chi connectivity index (χ4n) is 7.13. The molecule has 2 aliphatic heterocycles. The number of hydrogen-bond donors (Lipinski definition) is 4. The molecule has 0 aromatic heterocycles. The third-order valence-electron chi connectivity index (χ3n) is 8.70. The highest BCUT2D eigenvalue weighted by Gasteiger charge is 2.72. The van der Waals surface area contributed by atoms with Crippen molar-refractivity contribution in [3.8, 4) is 0 Å². The zero-order valence-corrected chi connectivity index (χ0v) is 22.8. The van der Waals surface area contributed by atoms with Crippen molar-refractivity contribution in [3.63, 3.8) is 0 Å². The summed E-state index contributed by atoms with van der Waals surface area (Å²) in [6.45, 7) is 0. The van der Waals surface area contributed by atoms with Gasteiger partial charge in [0.1, 0.15) is 11.2 Å². The van der Waals surface area contributed by atoms with Crippen LogP contribution in [0, 0.1) is 5.82 Å². The van der Waals surface area contributed by atoms with Crippen molar-refractivity contribution in [1.82, 2.24) is 5.32 Å². The van der Waals surface area contributed by atoms with Crippen molar-refractivity contribution in [2.75, 3.05) is 10.6 Å². The molecular formula is C30H26Cl2FN3O4. The lowest BCUT2D eigenvalue weighted by Gasteiger charge is -2.47. The molecule has 6 rings (SSSR count). The Morgan fingerprint density at radius 1 is 1.00 bits per heavy atom. The lowest BCUT2D eigenvalue weighted by Crippen LogP contribution is -2.60. The van der Waals surface area contributed by atoms with Gasteiger partial charge in [-0.2, -0.15) is 0 Å². The van der Waals surface area contributed by atoms with Gasteiger partial charge in [-0.3, -0.25) is 14.9 Å². The van der Waals surface area contributed by atoms with Gasteiger partial charge in [-0.05, 0) is 66.4 Å². The number of carbonyl (C=O) groups is 3. The van der Waals surface area contributed by atoms with Crippen LogP contribution in [0.1, 0.15) is 59.5 Å². The molecule has 1 aliphatic carbocycles. The van der Waals surface area contributed by atoms with E-state index in [1.165, 1.54) is 30.3 Å². The average Bonchev–Trinajstić information content (AvgIpc) is 3.38. The number of nitrogens with one attached hydrogen (secondary N) is 3. The van der Waals surface area contributed by atoms with Crippen LogP contribution in [-0.2, 0) is 15.0 Å². The maximum absolute atomic E-state index is 15.9. The molecule has 3 aromatic carbocycles. The number of anilines is 2. The topological polar surface area (TPSA) is 108 Å². The first-order chi connectivity index (χ1) is 19.2. The van der Waals surface area contributed by atoms with Crippen LogP contribution in [0.4, 0.5) is 15.8 Å². The number of aromatic carboxylic acids is 1. The van der Waals surface area contributed by atoms with E-state index in [4.69, 9.17) is 23.2 Å². The van der Waals surface area contributed by atoms with Crippen LogP contribution < -0.4 is 16.0 Å². The zero-order valence-electron chi connectivity index (χ0n) is 21.3. The second kappa shape index (κ2) is 9.87. The van der Waals surface area contributed by atoms with Gasteiger partial charge >= 0.3 is 5.97 Å². The Morgan fingerprint density at radius 3 is 2.42 bits per heavy atom. The molecule has 0 radical (unpaired) electrons. The minimum Gasteiger partial charge on any atom is -0.478 e. The van der Waals surface area contributed by atoms with Crippen molar-refractivity contribution >= 4 is 52.4 Å². The van der Waals surface area contributed by atoms with Gasteiger partial charge in [0, 0.05) is 27.9 Å². The molecule has 0 unspecified atom stereocenters. The molecule has 3 aromatic rings. The molecule has 7 nitrogen and oxygen atoms in total. The van der Waals surface area contributed by atoms with E-state index in [9.17, 15) is 19.5 Å². The van der Waals surface area contributed by atoms with Crippen LogP contribution >= 0.6 is 23.2 Å². The Morgan fingerprint density at radius 2 is 1.73 bits per heavy atom. The molecule has 2 amide bonds. The summed E-state index contributed by atoms with van der Waals surface area (Å²) in [5.74, 6) is -3.50. The van der Waals surface area contributed by atoms with Gasteiger partial charge in [0.05, 0.1) is 16.6 Å². The smallest absolute Gasteiger partial charge is 0.335 e. The molecule has 10 heteroatoms. The lowest BCUT2D eigenvalue weighted by molar-refractivity contribution is -0.124. The molecule has 2 spiro atoms. The van der Waals surface area contributed by atoms with Gasteiger partial charge in [0.15, 0.2) is 0 Å². The van der Waals surface area contributed by atoms with Gasteiger partial charge in [-0.25, -0.2) is 9.18 Å². The van der Waals surface area contributed by atoms with Gasteiger partial charge in [-0.15, -0.1) is 0 Å². The number of fused-ring (bicyclic) bond motifs is 3. The summed E-state index contributed by atoms with van der Waals surface area (Å²) >= 11 is 12.6. The van der Waals surface area contributed by atoms with Gasteiger partial charge in [0.25, 0.3) is 0 Å². The molecule has 4 N–H and O–H groups in total. The van der Waals surface area contributed by atoms with E-state index in [-0.39, 0.29) is 22.1 Å². The summed E-state index contributed by atoms with van der Waals surface area (Å²) in [7, 11) is 0. The zero-order chi connectivity index (χ0) is 28.2. The quantitative estimate of drug-likeness (QED) is 0.297. The highest BCUT2D eigenvalue weighted by molar-refractivity contribution is 6.31. The minimum atomic E-state index is -1.33.